The number of nitrogens with zero attached hydrogens (tertiary/aromatic N) is 5. The summed E-state index contributed by atoms with van der Waals surface area (Å²) in [5, 5.41) is 20.6. The van der Waals surface area contributed by atoms with Gasteiger partial charge in [-0.25, -0.2) is 19.9 Å². The fourth-order valence-corrected chi connectivity index (χ4v) is 4.42. The third-order valence-electron chi connectivity index (χ3n) is 6.21. The number of piperidine rings is 1. The Morgan fingerprint density at radius 2 is 1.81 bits per heavy atom. The number of anilines is 2. The maximum atomic E-state index is 10.8. The zero-order valence-corrected chi connectivity index (χ0v) is 19.6. The molecule has 184 valence electrons. The van der Waals surface area contributed by atoms with Crippen LogP contribution in [-0.4, -0.2) is 56.0 Å². The van der Waals surface area contributed by atoms with E-state index in [0.717, 1.165) is 48.6 Å². The van der Waals surface area contributed by atoms with E-state index in [-0.39, 0.29) is 5.69 Å². The highest BCUT2D eigenvalue weighted by Crippen LogP contribution is 2.37. The zero-order chi connectivity index (χ0) is 24.7. The normalized spacial score (nSPS) is 13.9. The maximum absolute atomic E-state index is 10.8. The van der Waals surface area contributed by atoms with Crippen molar-refractivity contribution in [2.24, 2.45) is 0 Å². The number of pyridine rings is 1. The van der Waals surface area contributed by atoms with Crippen LogP contribution in [0.4, 0.5) is 17.5 Å². The van der Waals surface area contributed by atoms with E-state index in [0.29, 0.717) is 30.8 Å². The lowest BCUT2D eigenvalue weighted by Crippen LogP contribution is -2.26. The molecule has 11 nitrogen and oxygen atoms in total. The number of hydrogen-bond acceptors (Lipinski definition) is 9. The predicted octanol–water partition coefficient (Wildman–Crippen LogP) is 3.83. The third kappa shape index (κ3) is 5.31. The minimum Gasteiger partial charge on any atom is -0.368 e. The fraction of sp³-hybridized carbons (Fsp3) is 0.280. The van der Waals surface area contributed by atoms with E-state index in [4.69, 9.17) is 4.98 Å². The van der Waals surface area contributed by atoms with Gasteiger partial charge in [-0.2, -0.15) is 0 Å². The number of aromatic amines is 1. The molecule has 1 fully saturated rings. The van der Waals surface area contributed by atoms with Crippen molar-refractivity contribution in [3.63, 3.8) is 0 Å². The molecule has 4 N–H and O–H groups in total. The predicted molar refractivity (Wildman–Crippen MR) is 138 cm³/mol. The SMILES string of the molecule is O=[N+]([O-])c1ccc(NCCNc2ncc(-c3ncc[nH]3)c(-c3ccccc3C3CCNCC3)n2)nc1. The van der Waals surface area contributed by atoms with Crippen LogP contribution in [0.1, 0.15) is 24.3 Å². The molecule has 5 rings (SSSR count). The standard InChI is InChI=1S/C25H27N9O2/c35-34(36)18-5-6-22(31-15-18)27-11-14-30-25-32-16-21(24-28-12-13-29-24)23(33-25)20-4-2-1-3-19(20)17-7-9-26-10-8-17/h1-6,12-13,15-17,26H,7-11,14H2,(H,27,31)(H,28,29)(H,30,32,33). The van der Waals surface area contributed by atoms with Gasteiger partial charge in [-0.3, -0.25) is 10.1 Å². The average Bonchev–Trinajstić information content (AvgIpc) is 3.47. The van der Waals surface area contributed by atoms with Crippen LogP contribution >= 0.6 is 0 Å². The van der Waals surface area contributed by atoms with Crippen molar-refractivity contribution in [2.75, 3.05) is 36.8 Å². The number of H-pyrrole nitrogens is 1. The molecule has 0 atom stereocenters. The molecule has 0 bridgehead atoms. The lowest BCUT2D eigenvalue weighted by atomic mass is 9.85. The summed E-state index contributed by atoms with van der Waals surface area (Å²) in [5.41, 5.74) is 4.03. The lowest BCUT2D eigenvalue weighted by Gasteiger charge is -2.25. The molecule has 36 heavy (non-hydrogen) atoms. The molecule has 0 unspecified atom stereocenters. The van der Waals surface area contributed by atoms with E-state index in [1.54, 1.807) is 24.7 Å². The molecule has 0 aliphatic carbocycles. The second-order valence-electron chi connectivity index (χ2n) is 8.52. The summed E-state index contributed by atoms with van der Waals surface area (Å²) in [6.07, 6.45) is 8.73. The van der Waals surface area contributed by atoms with Gasteiger partial charge in [-0.15, -0.1) is 0 Å². The summed E-state index contributed by atoms with van der Waals surface area (Å²) in [6, 6.07) is 11.5. The van der Waals surface area contributed by atoms with Gasteiger partial charge in [-0.1, -0.05) is 24.3 Å². The van der Waals surface area contributed by atoms with Gasteiger partial charge >= 0.3 is 0 Å². The van der Waals surface area contributed by atoms with Crippen LogP contribution in [0.15, 0.2) is 61.2 Å². The van der Waals surface area contributed by atoms with E-state index in [2.05, 4.69) is 54.1 Å². The lowest BCUT2D eigenvalue weighted by molar-refractivity contribution is -0.385. The van der Waals surface area contributed by atoms with Gasteiger partial charge < -0.3 is 20.9 Å². The number of nitrogens with one attached hydrogen (secondary N) is 4. The average molecular weight is 486 g/mol. The molecule has 4 heterocycles. The summed E-state index contributed by atoms with van der Waals surface area (Å²) in [4.78, 5) is 31.4. The Kier molecular flexibility index (Phi) is 7.08. The quantitative estimate of drug-likeness (QED) is 0.158. The monoisotopic (exact) mass is 485 g/mol. The minimum absolute atomic E-state index is 0.0407. The first-order chi connectivity index (χ1) is 17.7. The molecule has 1 saturated heterocycles. The molecule has 0 spiro atoms. The summed E-state index contributed by atoms with van der Waals surface area (Å²) >= 11 is 0. The Hall–Kier alpha value is -4.38. The largest absolute Gasteiger partial charge is 0.368 e. The highest BCUT2D eigenvalue weighted by atomic mass is 16.6. The minimum atomic E-state index is -0.469. The van der Waals surface area contributed by atoms with Crippen LogP contribution < -0.4 is 16.0 Å². The Balaban J connectivity index is 1.35. The van der Waals surface area contributed by atoms with E-state index in [1.807, 2.05) is 6.07 Å². The molecular formula is C25H27N9O2. The van der Waals surface area contributed by atoms with Crippen molar-refractivity contribution in [3.8, 4) is 22.6 Å². The van der Waals surface area contributed by atoms with E-state index < -0.39 is 4.92 Å². The zero-order valence-electron chi connectivity index (χ0n) is 19.6. The van der Waals surface area contributed by atoms with Crippen LogP contribution in [0.2, 0.25) is 0 Å². The van der Waals surface area contributed by atoms with Crippen LogP contribution in [0.25, 0.3) is 22.6 Å². The van der Waals surface area contributed by atoms with E-state index >= 15 is 0 Å². The van der Waals surface area contributed by atoms with Gasteiger partial charge in [-0.05, 0) is 43.5 Å². The first kappa shape index (κ1) is 23.4. The summed E-state index contributed by atoms with van der Waals surface area (Å²) < 4.78 is 0. The molecule has 0 amide bonds. The Bertz CT molecular complexity index is 1300. The van der Waals surface area contributed by atoms with Crippen molar-refractivity contribution in [1.82, 2.24) is 30.2 Å². The van der Waals surface area contributed by atoms with Gasteiger partial charge in [0.15, 0.2) is 0 Å². The number of benzene rings is 1. The number of imidazole rings is 1. The highest BCUT2D eigenvalue weighted by molar-refractivity contribution is 5.79. The molecule has 0 saturated carbocycles. The Morgan fingerprint density at radius 3 is 2.56 bits per heavy atom. The van der Waals surface area contributed by atoms with Crippen molar-refractivity contribution in [2.45, 2.75) is 18.8 Å². The molecule has 11 heteroatoms. The van der Waals surface area contributed by atoms with E-state index in [1.165, 1.54) is 17.8 Å². The van der Waals surface area contributed by atoms with Gasteiger partial charge in [0, 0.05) is 43.3 Å². The van der Waals surface area contributed by atoms with Crippen LogP contribution in [0, 0.1) is 10.1 Å². The topological polar surface area (TPSA) is 147 Å². The number of hydrogen-bond donors (Lipinski definition) is 4. The molecule has 3 aromatic heterocycles. The first-order valence-corrected chi connectivity index (χ1v) is 11.9. The fourth-order valence-electron chi connectivity index (χ4n) is 4.42. The van der Waals surface area contributed by atoms with Crippen LogP contribution in [0.3, 0.4) is 0 Å². The summed E-state index contributed by atoms with van der Waals surface area (Å²) in [6.45, 7) is 3.09. The van der Waals surface area contributed by atoms with E-state index in [9.17, 15) is 10.1 Å². The number of nitro groups is 1. The van der Waals surface area contributed by atoms with Crippen molar-refractivity contribution in [3.05, 3.63) is 76.9 Å². The highest BCUT2D eigenvalue weighted by Gasteiger charge is 2.22. The van der Waals surface area contributed by atoms with Crippen molar-refractivity contribution < 1.29 is 4.92 Å². The van der Waals surface area contributed by atoms with Gasteiger partial charge in [0.05, 0.1) is 16.2 Å². The molecule has 0 radical (unpaired) electrons. The van der Waals surface area contributed by atoms with Gasteiger partial charge in [0.1, 0.15) is 17.8 Å². The molecule has 4 aromatic rings. The van der Waals surface area contributed by atoms with Gasteiger partial charge in [0.2, 0.25) is 5.95 Å². The second kappa shape index (κ2) is 10.9. The Labute approximate surface area is 208 Å². The third-order valence-corrected chi connectivity index (χ3v) is 6.21. The smallest absolute Gasteiger partial charge is 0.287 e. The van der Waals surface area contributed by atoms with Crippen LogP contribution in [-0.2, 0) is 0 Å². The van der Waals surface area contributed by atoms with Crippen LogP contribution in [0.5, 0.6) is 0 Å². The maximum Gasteiger partial charge on any atom is 0.287 e. The molecule has 1 aromatic carbocycles. The Morgan fingerprint density at radius 1 is 0.972 bits per heavy atom. The summed E-state index contributed by atoms with van der Waals surface area (Å²) in [7, 11) is 0. The molecular weight excluding hydrogens is 458 g/mol. The summed E-state index contributed by atoms with van der Waals surface area (Å²) in [5.74, 6) is 2.27. The van der Waals surface area contributed by atoms with Crippen molar-refractivity contribution >= 4 is 17.5 Å². The van der Waals surface area contributed by atoms with Gasteiger partial charge in [0.25, 0.3) is 5.69 Å². The van der Waals surface area contributed by atoms with Crippen molar-refractivity contribution in [1.29, 1.82) is 0 Å². The first-order valence-electron chi connectivity index (χ1n) is 11.9. The number of aromatic nitrogens is 5. The molecule has 1 aliphatic heterocycles. The second-order valence-corrected chi connectivity index (χ2v) is 8.52. The molecule has 1 aliphatic rings. The number of rotatable bonds is 9.